The number of hydrogen-bond donors (Lipinski definition) is 0. The molecule has 27 heavy (non-hydrogen) atoms. The molecule has 5 heteroatoms. The van der Waals surface area contributed by atoms with Crippen LogP contribution in [0.2, 0.25) is 10.0 Å². The van der Waals surface area contributed by atoms with Crippen LogP contribution in [0.4, 0.5) is 0 Å². The molecule has 0 N–H and O–H groups in total. The van der Waals surface area contributed by atoms with Crippen molar-refractivity contribution in [2.45, 2.75) is 26.7 Å². The van der Waals surface area contributed by atoms with Crippen LogP contribution in [0.5, 0.6) is 0 Å². The van der Waals surface area contributed by atoms with E-state index in [0.717, 1.165) is 42.4 Å². The van der Waals surface area contributed by atoms with Crippen LogP contribution < -0.4 is 0 Å². The van der Waals surface area contributed by atoms with E-state index in [0.29, 0.717) is 21.3 Å². The molecule has 0 fully saturated rings. The fourth-order valence-corrected chi connectivity index (χ4v) is 3.72. The van der Waals surface area contributed by atoms with Gasteiger partial charge in [-0.05, 0) is 43.2 Å². The zero-order chi connectivity index (χ0) is 19.4. The molecule has 3 rings (SSSR count). The molecular weight excluding hydrogens is 379 g/mol. The van der Waals surface area contributed by atoms with Crippen LogP contribution in [-0.2, 0) is 0 Å². The third-order valence-corrected chi connectivity index (χ3v) is 4.98. The van der Waals surface area contributed by atoms with Gasteiger partial charge in [-0.1, -0.05) is 55.2 Å². The van der Waals surface area contributed by atoms with E-state index < -0.39 is 0 Å². The Morgan fingerprint density at radius 3 is 2.37 bits per heavy atom. The molecule has 0 atom stereocenters. The van der Waals surface area contributed by atoms with Crippen molar-refractivity contribution in [1.29, 1.82) is 0 Å². The summed E-state index contributed by atoms with van der Waals surface area (Å²) in [6.07, 6.45) is 1.84. The highest BCUT2D eigenvalue weighted by atomic mass is 35.5. The lowest BCUT2D eigenvalue weighted by atomic mass is 10.0. The van der Waals surface area contributed by atoms with Gasteiger partial charge < -0.3 is 4.90 Å². The van der Waals surface area contributed by atoms with E-state index >= 15 is 0 Å². The van der Waals surface area contributed by atoms with E-state index in [1.165, 1.54) is 0 Å². The Labute approximate surface area is 169 Å². The minimum Gasteiger partial charge on any atom is -0.339 e. The number of nitrogens with zero attached hydrogens (tertiary/aromatic N) is 2. The largest absolute Gasteiger partial charge is 0.339 e. The standard InChI is InChI=1S/C22H22Cl2N2O/c1-3-11-26(12-4-2)22(27)18-14-21(17-10-9-15(23)13-19(17)24)25-20-8-6-5-7-16(18)20/h5-10,13-14H,3-4,11-12H2,1-2H3. The van der Waals surface area contributed by atoms with Gasteiger partial charge in [0, 0.05) is 29.1 Å². The van der Waals surface area contributed by atoms with Crippen molar-refractivity contribution in [3.05, 3.63) is 64.1 Å². The van der Waals surface area contributed by atoms with Gasteiger partial charge in [0.25, 0.3) is 5.91 Å². The lowest BCUT2D eigenvalue weighted by Gasteiger charge is -2.22. The van der Waals surface area contributed by atoms with Crippen LogP contribution in [0.3, 0.4) is 0 Å². The average Bonchev–Trinajstić information content (AvgIpc) is 2.66. The Balaban J connectivity index is 2.17. The maximum Gasteiger partial charge on any atom is 0.254 e. The molecule has 0 bridgehead atoms. The highest BCUT2D eigenvalue weighted by molar-refractivity contribution is 6.36. The zero-order valence-electron chi connectivity index (χ0n) is 15.5. The summed E-state index contributed by atoms with van der Waals surface area (Å²) in [5.74, 6) is 0.0311. The van der Waals surface area contributed by atoms with E-state index in [9.17, 15) is 4.79 Å². The van der Waals surface area contributed by atoms with Gasteiger partial charge in [0.1, 0.15) is 0 Å². The minimum absolute atomic E-state index is 0.0311. The Morgan fingerprint density at radius 1 is 1.00 bits per heavy atom. The number of hydrogen-bond acceptors (Lipinski definition) is 2. The van der Waals surface area contributed by atoms with Crippen LogP contribution in [0.25, 0.3) is 22.2 Å². The molecule has 1 amide bonds. The quantitative estimate of drug-likeness (QED) is 0.474. The first-order valence-corrected chi connectivity index (χ1v) is 9.95. The van der Waals surface area contributed by atoms with Gasteiger partial charge in [-0.3, -0.25) is 4.79 Å². The fraction of sp³-hybridized carbons (Fsp3) is 0.273. The van der Waals surface area contributed by atoms with Crippen LogP contribution in [0.1, 0.15) is 37.0 Å². The first kappa shape index (κ1) is 19.7. The summed E-state index contributed by atoms with van der Waals surface area (Å²) in [4.78, 5) is 19.9. The Morgan fingerprint density at radius 2 is 1.70 bits per heavy atom. The SMILES string of the molecule is CCCN(CCC)C(=O)c1cc(-c2ccc(Cl)cc2Cl)nc2ccccc12. The van der Waals surface area contributed by atoms with Gasteiger partial charge in [-0.15, -0.1) is 0 Å². The lowest BCUT2D eigenvalue weighted by Crippen LogP contribution is -2.32. The fourth-order valence-electron chi connectivity index (χ4n) is 3.21. The third kappa shape index (κ3) is 4.26. The zero-order valence-corrected chi connectivity index (χ0v) is 17.0. The second kappa shape index (κ2) is 8.73. The number of aromatic nitrogens is 1. The van der Waals surface area contributed by atoms with Gasteiger partial charge in [0.15, 0.2) is 0 Å². The van der Waals surface area contributed by atoms with Gasteiger partial charge in [-0.2, -0.15) is 0 Å². The Bertz CT molecular complexity index is 966. The maximum absolute atomic E-state index is 13.3. The van der Waals surface area contributed by atoms with Gasteiger partial charge in [-0.25, -0.2) is 4.98 Å². The molecule has 0 unspecified atom stereocenters. The highest BCUT2D eigenvalue weighted by Crippen LogP contribution is 2.32. The van der Waals surface area contributed by atoms with Crippen LogP contribution >= 0.6 is 23.2 Å². The molecule has 2 aromatic carbocycles. The molecule has 1 heterocycles. The average molecular weight is 401 g/mol. The molecule has 0 radical (unpaired) electrons. The number of halogens is 2. The number of fused-ring (bicyclic) bond motifs is 1. The first-order valence-electron chi connectivity index (χ1n) is 9.19. The van der Waals surface area contributed by atoms with Crippen molar-refractivity contribution in [2.75, 3.05) is 13.1 Å². The number of rotatable bonds is 6. The van der Waals surface area contributed by atoms with Crippen LogP contribution in [0, 0.1) is 0 Å². The minimum atomic E-state index is 0.0311. The van der Waals surface area contributed by atoms with Crippen molar-refractivity contribution >= 4 is 40.0 Å². The number of amides is 1. The van der Waals surface area contributed by atoms with E-state index in [2.05, 4.69) is 13.8 Å². The number of carbonyl (C=O) groups excluding carboxylic acids is 1. The molecular formula is C22H22Cl2N2O. The van der Waals surface area contributed by atoms with Crippen LogP contribution in [-0.4, -0.2) is 28.9 Å². The second-order valence-electron chi connectivity index (χ2n) is 6.49. The summed E-state index contributed by atoms with van der Waals surface area (Å²) >= 11 is 12.4. The molecule has 0 aliphatic heterocycles. The molecule has 3 nitrogen and oxygen atoms in total. The van der Waals surface area contributed by atoms with Gasteiger partial charge in [0.2, 0.25) is 0 Å². The summed E-state index contributed by atoms with van der Waals surface area (Å²) in [7, 11) is 0. The van der Waals surface area contributed by atoms with Crippen molar-refractivity contribution in [2.24, 2.45) is 0 Å². The molecule has 140 valence electrons. The molecule has 0 aliphatic rings. The number of para-hydroxylation sites is 1. The molecule has 0 spiro atoms. The normalized spacial score (nSPS) is 11.0. The molecule has 0 aliphatic carbocycles. The smallest absolute Gasteiger partial charge is 0.254 e. The monoisotopic (exact) mass is 400 g/mol. The lowest BCUT2D eigenvalue weighted by molar-refractivity contribution is 0.0757. The topological polar surface area (TPSA) is 33.2 Å². The number of pyridine rings is 1. The molecule has 3 aromatic rings. The third-order valence-electron chi connectivity index (χ3n) is 4.43. The van der Waals surface area contributed by atoms with E-state index in [1.807, 2.05) is 41.3 Å². The van der Waals surface area contributed by atoms with Crippen molar-refractivity contribution in [3.8, 4) is 11.3 Å². The summed E-state index contributed by atoms with van der Waals surface area (Å²) in [5, 5.41) is 1.94. The van der Waals surface area contributed by atoms with Gasteiger partial charge >= 0.3 is 0 Å². The number of benzene rings is 2. The predicted octanol–water partition coefficient (Wildman–Crippen LogP) is 6.47. The summed E-state index contributed by atoms with van der Waals surface area (Å²) < 4.78 is 0. The van der Waals surface area contributed by atoms with Crippen molar-refractivity contribution < 1.29 is 4.79 Å². The molecule has 0 saturated carbocycles. The molecule has 1 aromatic heterocycles. The number of carbonyl (C=O) groups is 1. The summed E-state index contributed by atoms with van der Waals surface area (Å²) in [5.41, 5.74) is 2.87. The van der Waals surface area contributed by atoms with Crippen LogP contribution in [0.15, 0.2) is 48.5 Å². The second-order valence-corrected chi connectivity index (χ2v) is 7.33. The Kier molecular flexibility index (Phi) is 6.35. The Hall–Kier alpha value is -2.10. The summed E-state index contributed by atoms with van der Waals surface area (Å²) in [6, 6.07) is 14.9. The van der Waals surface area contributed by atoms with E-state index in [1.54, 1.807) is 12.1 Å². The van der Waals surface area contributed by atoms with Crippen molar-refractivity contribution in [1.82, 2.24) is 9.88 Å². The summed E-state index contributed by atoms with van der Waals surface area (Å²) in [6.45, 7) is 5.64. The van der Waals surface area contributed by atoms with Crippen molar-refractivity contribution in [3.63, 3.8) is 0 Å². The first-order chi connectivity index (χ1) is 13.0. The maximum atomic E-state index is 13.3. The van der Waals surface area contributed by atoms with E-state index in [-0.39, 0.29) is 5.91 Å². The molecule has 0 saturated heterocycles. The van der Waals surface area contributed by atoms with Gasteiger partial charge in [0.05, 0.1) is 21.8 Å². The predicted molar refractivity (Wildman–Crippen MR) is 114 cm³/mol. The highest BCUT2D eigenvalue weighted by Gasteiger charge is 2.19. The van der Waals surface area contributed by atoms with E-state index in [4.69, 9.17) is 28.2 Å².